The second kappa shape index (κ2) is 8.53. The molecular weight excluding hydrogens is 318 g/mol. The molecule has 25 heavy (non-hydrogen) atoms. The molecule has 1 unspecified atom stereocenters. The molecule has 0 spiro atoms. The molecule has 2 aromatic carbocycles. The van der Waals surface area contributed by atoms with E-state index in [2.05, 4.69) is 11.4 Å². The Bertz CT molecular complexity index is 722. The Kier molecular flexibility index (Phi) is 6.42. The Morgan fingerprint density at radius 2 is 1.76 bits per heavy atom. The number of hydrogen-bond acceptors (Lipinski definition) is 4. The van der Waals surface area contributed by atoms with Crippen molar-refractivity contribution in [3.63, 3.8) is 0 Å². The van der Waals surface area contributed by atoms with Crippen molar-refractivity contribution in [1.82, 2.24) is 0 Å². The van der Waals surface area contributed by atoms with E-state index in [1.54, 1.807) is 25.3 Å². The Morgan fingerprint density at radius 3 is 2.36 bits per heavy atom. The molecule has 0 heterocycles. The zero-order chi connectivity index (χ0) is 18.4. The van der Waals surface area contributed by atoms with Crippen LogP contribution in [0.2, 0.25) is 0 Å². The number of aryl methyl sites for hydroxylation is 2. The number of carbonyl (C=O) groups is 1. The predicted molar refractivity (Wildman–Crippen MR) is 98.3 cm³/mol. The normalized spacial score (nSPS) is 11.7. The number of aliphatic hydroxyl groups is 1. The fourth-order valence-electron chi connectivity index (χ4n) is 2.79. The summed E-state index contributed by atoms with van der Waals surface area (Å²) in [5, 5.41) is 13.3. The van der Waals surface area contributed by atoms with Crippen LogP contribution >= 0.6 is 0 Å². The van der Waals surface area contributed by atoms with Crippen LogP contribution in [0.1, 0.15) is 35.6 Å². The van der Waals surface area contributed by atoms with Crippen molar-refractivity contribution in [2.24, 2.45) is 0 Å². The Balaban J connectivity index is 1.97. The predicted octanol–water partition coefficient (Wildman–Crippen LogP) is 3.77. The summed E-state index contributed by atoms with van der Waals surface area (Å²) in [6.07, 6.45) is -0.270. The molecule has 2 N–H and O–H groups in total. The third kappa shape index (κ3) is 5.22. The van der Waals surface area contributed by atoms with Crippen molar-refractivity contribution in [2.45, 2.75) is 32.8 Å². The fraction of sp³-hybridized carbons (Fsp3) is 0.350. The lowest BCUT2D eigenvalue weighted by Gasteiger charge is -2.16. The molecule has 0 aliphatic carbocycles. The second-order valence-corrected chi connectivity index (χ2v) is 6.09. The molecule has 1 amide bonds. The first-order valence-corrected chi connectivity index (χ1v) is 8.21. The quantitative estimate of drug-likeness (QED) is 0.803. The van der Waals surface area contributed by atoms with Crippen LogP contribution in [0.15, 0.2) is 36.4 Å². The van der Waals surface area contributed by atoms with Gasteiger partial charge in [0.25, 0.3) is 0 Å². The van der Waals surface area contributed by atoms with Gasteiger partial charge in [-0.1, -0.05) is 6.07 Å². The first kappa shape index (κ1) is 18.8. The SMILES string of the molecule is COc1ccc(C(O)CCC(=O)Nc2cc(C)cc(C)c2)c(OC)c1. The van der Waals surface area contributed by atoms with Gasteiger partial charge in [-0.2, -0.15) is 0 Å². The minimum Gasteiger partial charge on any atom is -0.497 e. The summed E-state index contributed by atoms with van der Waals surface area (Å²) in [5.74, 6) is 1.07. The lowest BCUT2D eigenvalue weighted by Crippen LogP contribution is -2.13. The number of benzene rings is 2. The van der Waals surface area contributed by atoms with Crippen molar-refractivity contribution < 1.29 is 19.4 Å². The summed E-state index contributed by atoms with van der Waals surface area (Å²) in [4.78, 5) is 12.2. The van der Waals surface area contributed by atoms with Crippen molar-refractivity contribution in [1.29, 1.82) is 0 Å². The number of rotatable bonds is 7. The first-order chi connectivity index (χ1) is 11.9. The van der Waals surface area contributed by atoms with Crippen LogP contribution in [0.5, 0.6) is 11.5 Å². The Morgan fingerprint density at radius 1 is 1.08 bits per heavy atom. The van der Waals surface area contributed by atoms with E-state index >= 15 is 0 Å². The van der Waals surface area contributed by atoms with Crippen molar-refractivity contribution >= 4 is 11.6 Å². The van der Waals surface area contributed by atoms with Gasteiger partial charge in [0, 0.05) is 23.7 Å². The maximum Gasteiger partial charge on any atom is 0.224 e. The number of hydrogen-bond donors (Lipinski definition) is 2. The molecule has 0 aliphatic heterocycles. The van der Waals surface area contributed by atoms with Gasteiger partial charge in [0.2, 0.25) is 5.91 Å². The average molecular weight is 343 g/mol. The highest BCUT2D eigenvalue weighted by Gasteiger charge is 2.16. The summed E-state index contributed by atoms with van der Waals surface area (Å²) >= 11 is 0. The summed E-state index contributed by atoms with van der Waals surface area (Å²) in [7, 11) is 3.11. The van der Waals surface area contributed by atoms with Crippen molar-refractivity contribution in [3.8, 4) is 11.5 Å². The van der Waals surface area contributed by atoms with E-state index in [4.69, 9.17) is 9.47 Å². The van der Waals surface area contributed by atoms with Crippen LogP contribution in [0.4, 0.5) is 5.69 Å². The second-order valence-electron chi connectivity index (χ2n) is 6.09. The highest BCUT2D eigenvalue weighted by molar-refractivity contribution is 5.90. The molecule has 0 fully saturated rings. The van der Waals surface area contributed by atoms with Gasteiger partial charge in [-0.05, 0) is 55.7 Å². The van der Waals surface area contributed by atoms with E-state index in [9.17, 15) is 9.90 Å². The summed E-state index contributed by atoms with van der Waals surface area (Å²) in [6, 6.07) is 11.1. The van der Waals surface area contributed by atoms with E-state index < -0.39 is 6.10 Å². The largest absolute Gasteiger partial charge is 0.497 e. The number of methoxy groups -OCH3 is 2. The molecule has 0 radical (unpaired) electrons. The van der Waals surface area contributed by atoms with Crippen LogP contribution < -0.4 is 14.8 Å². The Labute approximate surface area is 148 Å². The van der Waals surface area contributed by atoms with Gasteiger partial charge in [-0.15, -0.1) is 0 Å². The average Bonchev–Trinajstić information content (AvgIpc) is 2.58. The van der Waals surface area contributed by atoms with Gasteiger partial charge < -0.3 is 19.9 Å². The summed E-state index contributed by atoms with van der Waals surface area (Å²) in [6.45, 7) is 3.98. The van der Waals surface area contributed by atoms with Crippen LogP contribution in [0, 0.1) is 13.8 Å². The lowest BCUT2D eigenvalue weighted by atomic mass is 10.0. The van der Waals surface area contributed by atoms with E-state index in [0.717, 1.165) is 16.8 Å². The zero-order valence-electron chi connectivity index (χ0n) is 15.1. The standard InChI is InChI=1S/C20H25NO4/c1-13-9-14(2)11-15(10-13)21-20(23)8-7-18(22)17-6-5-16(24-3)12-19(17)25-4/h5-6,9-12,18,22H,7-8H2,1-4H3,(H,21,23). The van der Waals surface area contributed by atoms with Gasteiger partial charge in [-0.25, -0.2) is 0 Å². The van der Waals surface area contributed by atoms with Gasteiger partial charge >= 0.3 is 0 Å². The number of anilines is 1. The molecular formula is C20H25NO4. The number of aliphatic hydroxyl groups excluding tert-OH is 1. The molecule has 0 bridgehead atoms. The first-order valence-electron chi connectivity index (χ1n) is 8.21. The smallest absolute Gasteiger partial charge is 0.224 e. The van der Waals surface area contributed by atoms with Gasteiger partial charge in [0.15, 0.2) is 0 Å². The molecule has 0 saturated heterocycles. The van der Waals surface area contributed by atoms with Crippen LogP contribution in [-0.4, -0.2) is 25.2 Å². The van der Waals surface area contributed by atoms with Crippen LogP contribution in [-0.2, 0) is 4.79 Å². The van der Waals surface area contributed by atoms with Crippen molar-refractivity contribution in [2.75, 3.05) is 19.5 Å². The summed E-state index contributed by atoms with van der Waals surface area (Å²) < 4.78 is 10.4. The summed E-state index contributed by atoms with van der Waals surface area (Å²) in [5.41, 5.74) is 3.61. The monoisotopic (exact) mass is 343 g/mol. The molecule has 5 nitrogen and oxygen atoms in total. The van der Waals surface area contributed by atoms with E-state index in [-0.39, 0.29) is 12.3 Å². The highest BCUT2D eigenvalue weighted by Crippen LogP contribution is 2.31. The number of nitrogens with one attached hydrogen (secondary N) is 1. The molecule has 5 heteroatoms. The third-order valence-electron chi connectivity index (χ3n) is 3.95. The van der Waals surface area contributed by atoms with Gasteiger partial charge in [0.05, 0.1) is 20.3 Å². The number of amides is 1. The Hall–Kier alpha value is -2.53. The topological polar surface area (TPSA) is 67.8 Å². The van der Waals surface area contributed by atoms with E-state index in [0.29, 0.717) is 23.5 Å². The minimum atomic E-state index is -0.786. The maximum absolute atomic E-state index is 12.2. The molecule has 0 saturated carbocycles. The van der Waals surface area contributed by atoms with Gasteiger partial charge in [-0.3, -0.25) is 4.79 Å². The molecule has 134 valence electrons. The maximum atomic E-state index is 12.2. The molecule has 1 atom stereocenters. The van der Waals surface area contributed by atoms with Gasteiger partial charge in [0.1, 0.15) is 11.5 Å². The molecule has 2 rings (SSSR count). The van der Waals surface area contributed by atoms with E-state index in [1.165, 1.54) is 7.11 Å². The molecule has 0 aromatic heterocycles. The number of carbonyl (C=O) groups excluding carboxylic acids is 1. The highest BCUT2D eigenvalue weighted by atomic mass is 16.5. The fourth-order valence-corrected chi connectivity index (χ4v) is 2.79. The van der Waals surface area contributed by atoms with E-state index in [1.807, 2.05) is 26.0 Å². The zero-order valence-corrected chi connectivity index (χ0v) is 15.1. The van der Waals surface area contributed by atoms with Crippen LogP contribution in [0.3, 0.4) is 0 Å². The van der Waals surface area contributed by atoms with Crippen LogP contribution in [0.25, 0.3) is 0 Å². The lowest BCUT2D eigenvalue weighted by molar-refractivity contribution is -0.116. The minimum absolute atomic E-state index is 0.128. The number of ether oxygens (including phenoxy) is 2. The third-order valence-corrected chi connectivity index (χ3v) is 3.95. The molecule has 2 aromatic rings. The van der Waals surface area contributed by atoms with Crippen molar-refractivity contribution in [3.05, 3.63) is 53.1 Å². The molecule has 0 aliphatic rings.